The first-order valence-corrected chi connectivity index (χ1v) is 22.5. The summed E-state index contributed by atoms with van der Waals surface area (Å²) in [6.07, 6.45) is 6.87. The zero-order valence-electron chi connectivity index (χ0n) is 32.6. The van der Waals surface area contributed by atoms with Crippen molar-refractivity contribution in [2.24, 2.45) is 0 Å². The van der Waals surface area contributed by atoms with Gasteiger partial charge in [0.25, 0.3) is 5.91 Å². The van der Waals surface area contributed by atoms with Crippen LogP contribution in [0.15, 0.2) is 66.9 Å². The third kappa shape index (κ3) is 9.42. The summed E-state index contributed by atoms with van der Waals surface area (Å²) < 4.78 is 18.8. The molecule has 1 unspecified atom stereocenters. The number of amides is 3. The van der Waals surface area contributed by atoms with Gasteiger partial charge in [-0.2, -0.15) is 0 Å². The fourth-order valence-electron chi connectivity index (χ4n) is 7.95. The van der Waals surface area contributed by atoms with Crippen LogP contribution in [0.1, 0.15) is 82.7 Å². The number of unbranched alkanes of at least 4 members (excludes halogenated alkanes) is 1. The summed E-state index contributed by atoms with van der Waals surface area (Å²) in [4.78, 5) is 50.5. The Morgan fingerprint density at radius 3 is 2.58 bits per heavy atom. The smallest absolute Gasteiger partial charge is 0.255 e. The molecule has 1 atom stereocenters. The molecule has 0 radical (unpaired) electrons. The highest BCUT2D eigenvalue weighted by Crippen LogP contribution is 2.37. The van der Waals surface area contributed by atoms with E-state index >= 15 is 0 Å². The first kappa shape index (κ1) is 40.2. The molecule has 0 bridgehead atoms. The minimum Gasteiger partial charge on any atom is -0.496 e. The van der Waals surface area contributed by atoms with Crippen LogP contribution in [-0.4, -0.2) is 84.7 Å². The van der Waals surface area contributed by atoms with Crippen molar-refractivity contribution in [1.29, 1.82) is 0 Å². The number of carbonyl (C=O) groups is 3. The molecule has 13 heteroatoms. The van der Waals surface area contributed by atoms with Crippen molar-refractivity contribution in [2.45, 2.75) is 70.0 Å². The normalized spacial score (nSPS) is 17.3. The Hall–Kier alpha value is -5.01. The van der Waals surface area contributed by atoms with Crippen LogP contribution < -0.4 is 25.6 Å². The molecule has 4 aromatic rings. The molecule has 4 heterocycles. The van der Waals surface area contributed by atoms with Crippen LogP contribution in [0, 0.1) is 11.8 Å². The zero-order chi connectivity index (χ0) is 40.1. The fraction of sp³-hybridized carbons (Fsp3) is 0.386. The van der Waals surface area contributed by atoms with Crippen LogP contribution in [0.3, 0.4) is 0 Å². The number of hydrogen-bond acceptors (Lipinski definition) is 9. The van der Waals surface area contributed by atoms with Gasteiger partial charge in [-0.05, 0) is 74.9 Å². The molecule has 11 nitrogen and oxygen atoms in total. The second-order valence-corrected chi connectivity index (χ2v) is 18.9. The van der Waals surface area contributed by atoms with E-state index in [4.69, 9.17) is 21.3 Å². The highest BCUT2D eigenvalue weighted by atomic mass is 35.5. The van der Waals surface area contributed by atoms with Crippen LogP contribution in [-0.2, 0) is 33.5 Å². The maximum atomic E-state index is 13.1. The third-order valence-electron chi connectivity index (χ3n) is 11.0. The van der Waals surface area contributed by atoms with Crippen molar-refractivity contribution >= 4 is 47.5 Å². The lowest BCUT2D eigenvalue weighted by molar-refractivity contribution is -0.136. The molecule has 3 aliphatic rings. The predicted molar refractivity (Wildman–Crippen MR) is 223 cm³/mol. The van der Waals surface area contributed by atoms with Gasteiger partial charge < -0.3 is 24.4 Å². The first-order valence-electron chi connectivity index (χ1n) is 19.5. The number of anilines is 1. The maximum absolute atomic E-state index is 13.1. The Bertz CT molecular complexity index is 2290. The second-order valence-electron chi connectivity index (χ2n) is 15.3. The molecule has 296 valence electrons. The highest BCUT2D eigenvalue weighted by Gasteiger charge is 2.39. The first-order chi connectivity index (χ1) is 27.5. The van der Waals surface area contributed by atoms with Gasteiger partial charge in [0.1, 0.15) is 24.8 Å². The number of nitrogens with zero attached hydrogens (tertiary/aromatic N) is 4. The summed E-state index contributed by atoms with van der Waals surface area (Å²) >= 11 is 6.55. The average Bonchev–Trinajstić information content (AvgIpc) is 3.53. The third-order valence-corrected chi connectivity index (χ3v) is 12.9. The lowest BCUT2D eigenvalue weighted by Crippen LogP contribution is -2.52. The van der Waals surface area contributed by atoms with E-state index in [1.165, 1.54) is 0 Å². The number of benzene rings is 3. The van der Waals surface area contributed by atoms with Gasteiger partial charge in [-0.25, -0.2) is 9.97 Å². The van der Waals surface area contributed by atoms with Crippen molar-refractivity contribution in [3.63, 3.8) is 0 Å². The maximum Gasteiger partial charge on any atom is 0.255 e. The summed E-state index contributed by atoms with van der Waals surface area (Å²) in [5, 5.41) is 7.40. The number of ether oxygens (including phenoxy) is 1. The van der Waals surface area contributed by atoms with Crippen LogP contribution in [0.5, 0.6) is 5.75 Å². The molecule has 3 amide bonds. The van der Waals surface area contributed by atoms with Gasteiger partial charge in [0.05, 0.1) is 17.8 Å². The number of imide groups is 1. The van der Waals surface area contributed by atoms with Gasteiger partial charge in [0.15, 0.2) is 0 Å². The molecule has 2 fully saturated rings. The molecule has 2 N–H and O–H groups in total. The lowest BCUT2D eigenvalue weighted by Gasteiger charge is -2.34. The fourth-order valence-corrected chi connectivity index (χ4v) is 9.40. The molecule has 0 spiro atoms. The molecule has 1 aromatic heterocycles. The quantitative estimate of drug-likeness (QED) is 0.0799. The summed E-state index contributed by atoms with van der Waals surface area (Å²) in [5.41, 5.74) is 6.02. The Morgan fingerprint density at radius 1 is 1.00 bits per heavy atom. The molecule has 7 rings (SSSR count). The Kier molecular flexibility index (Phi) is 12.4. The Morgan fingerprint density at radius 2 is 1.81 bits per heavy atom. The Balaban J connectivity index is 0.880. The van der Waals surface area contributed by atoms with E-state index in [0.717, 1.165) is 84.3 Å². The predicted octanol–water partition coefficient (Wildman–Crippen LogP) is 5.72. The standard InChI is InChI=1S/C44H48ClN6O5P/c1-56-39-26-33(16-15-30(39)25-41-47-27-36(45)37(48-41)24-31-11-6-7-14-40(31)57(2,3)55)50-22-19-32(20-23-50)46-21-8-4-5-10-29-12-9-13-34-35(29)28-51(44(34)54)38-17-18-42(52)49-43(38)53/h6-7,9,11-16,26-27,32,38,46H,4,8,17-25,28H2,1-3H3,(H,49,52,53). The van der Waals surface area contributed by atoms with Crippen molar-refractivity contribution in [1.82, 2.24) is 25.5 Å². The van der Waals surface area contributed by atoms with Crippen molar-refractivity contribution in [2.75, 3.05) is 45.0 Å². The van der Waals surface area contributed by atoms with Crippen LogP contribution in [0.25, 0.3) is 0 Å². The van der Waals surface area contributed by atoms with E-state index in [0.29, 0.717) is 54.0 Å². The molecule has 2 saturated heterocycles. The van der Waals surface area contributed by atoms with Crippen molar-refractivity contribution in [3.05, 3.63) is 111 Å². The number of piperidine rings is 2. The SMILES string of the molecule is COc1cc(N2CCC(NCCCC#Cc3cccc4c3CN(C3CCC(=O)NC3=O)C4=O)CC2)ccc1Cc1ncc(Cl)c(Cc2ccccc2P(C)(C)=O)n1. The molecular formula is C44H48ClN6O5P. The number of hydrogen-bond donors (Lipinski definition) is 2. The van der Waals surface area contributed by atoms with Crippen LogP contribution in [0.4, 0.5) is 5.69 Å². The largest absolute Gasteiger partial charge is 0.496 e. The molecule has 0 saturated carbocycles. The molecule has 3 aliphatic heterocycles. The van der Waals surface area contributed by atoms with E-state index in [1.54, 1.807) is 37.6 Å². The molecule has 0 aliphatic carbocycles. The highest BCUT2D eigenvalue weighted by molar-refractivity contribution is 7.70. The minimum absolute atomic E-state index is 0.185. The summed E-state index contributed by atoms with van der Waals surface area (Å²) in [6.45, 7) is 6.62. The van der Waals surface area contributed by atoms with Crippen molar-refractivity contribution in [3.8, 4) is 17.6 Å². The van der Waals surface area contributed by atoms with E-state index in [1.807, 2.05) is 36.4 Å². The lowest BCUT2D eigenvalue weighted by atomic mass is 10.0. The number of nitrogens with one attached hydrogen (secondary N) is 2. The van der Waals surface area contributed by atoms with E-state index in [9.17, 15) is 18.9 Å². The average molecular weight is 807 g/mol. The topological polar surface area (TPSA) is 134 Å². The van der Waals surface area contributed by atoms with Gasteiger partial charge in [0.2, 0.25) is 11.8 Å². The van der Waals surface area contributed by atoms with Gasteiger partial charge in [-0.3, -0.25) is 19.7 Å². The Labute approximate surface area is 339 Å². The zero-order valence-corrected chi connectivity index (χ0v) is 34.3. The summed E-state index contributed by atoms with van der Waals surface area (Å²) in [6, 6.07) is 19.4. The summed E-state index contributed by atoms with van der Waals surface area (Å²) in [7, 11) is -0.783. The number of fused-ring (bicyclic) bond motifs is 1. The number of rotatable bonds is 12. The second kappa shape index (κ2) is 17.6. The monoisotopic (exact) mass is 806 g/mol. The van der Waals surface area contributed by atoms with E-state index in [2.05, 4.69) is 50.6 Å². The number of methoxy groups -OCH3 is 1. The van der Waals surface area contributed by atoms with Gasteiger partial charge >= 0.3 is 0 Å². The van der Waals surface area contributed by atoms with Gasteiger partial charge in [0, 0.05) is 91.3 Å². The molecule has 3 aromatic carbocycles. The molecule has 57 heavy (non-hydrogen) atoms. The minimum atomic E-state index is -2.47. The van der Waals surface area contributed by atoms with Gasteiger partial charge in [-0.1, -0.05) is 59.8 Å². The van der Waals surface area contributed by atoms with Gasteiger partial charge in [-0.15, -0.1) is 0 Å². The van der Waals surface area contributed by atoms with Crippen LogP contribution >= 0.6 is 18.7 Å². The number of aromatic nitrogens is 2. The van der Waals surface area contributed by atoms with Crippen molar-refractivity contribution < 1.29 is 23.7 Å². The van der Waals surface area contributed by atoms with E-state index < -0.39 is 19.1 Å². The van der Waals surface area contributed by atoms with E-state index in [-0.39, 0.29) is 18.2 Å². The number of carbonyl (C=O) groups excluding carboxylic acids is 3. The summed E-state index contributed by atoms with van der Waals surface area (Å²) in [5.74, 6) is 7.09. The van der Waals surface area contributed by atoms with Crippen LogP contribution in [0.2, 0.25) is 5.02 Å². The molecular weight excluding hydrogens is 759 g/mol. The number of halogens is 1.